The summed E-state index contributed by atoms with van der Waals surface area (Å²) in [7, 11) is 0. The molecule has 1 saturated carbocycles. The van der Waals surface area contributed by atoms with E-state index in [0.717, 1.165) is 45.2 Å². The van der Waals surface area contributed by atoms with E-state index >= 15 is 0 Å². The van der Waals surface area contributed by atoms with Gasteiger partial charge in [0, 0.05) is 12.1 Å². The van der Waals surface area contributed by atoms with Crippen molar-refractivity contribution in [2.75, 3.05) is 13.1 Å². The largest absolute Gasteiger partial charge is 0.480 e. The summed E-state index contributed by atoms with van der Waals surface area (Å²) in [5, 5.41) is 13.2. The molecule has 0 aromatic heterocycles. The third-order valence-electron chi connectivity index (χ3n) is 4.75. The van der Waals surface area contributed by atoms with Gasteiger partial charge in [-0.1, -0.05) is 13.3 Å². The number of carboxylic acid groups (broad SMARTS) is 1. The van der Waals surface area contributed by atoms with Gasteiger partial charge in [-0.15, -0.1) is 0 Å². The van der Waals surface area contributed by atoms with Crippen LogP contribution in [0, 0.1) is 5.92 Å². The molecule has 0 spiro atoms. The smallest absolute Gasteiger partial charge is 0.324 e. The maximum atomic E-state index is 11.9. The number of hydrogen-bond acceptors (Lipinski definition) is 3. The van der Waals surface area contributed by atoms with Crippen molar-refractivity contribution >= 4 is 5.97 Å². The molecule has 0 aromatic rings. The number of nitrogens with one attached hydrogen (secondary N) is 1. The Labute approximate surface area is 130 Å². The minimum Gasteiger partial charge on any atom is -0.480 e. The quantitative estimate of drug-likeness (QED) is 0.687. The predicted octanol–water partition coefficient (Wildman–Crippen LogP) is 3.12. The Morgan fingerprint density at radius 2 is 2.00 bits per heavy atom. The van der Waals surface area contributed by atoms with Crippen molar-refractivity contribution in [3.05, 3.63) is 0 Å². The molecule has 0 saturated heterocycles. The summed E-state index contributed by atoms with van der Waals surface area (Å²) >= 11 is 0. The van der Waals surface area contributed by atoms with Gasteiger partial charge in [-0.3, -0.25) is 10.1 Å². The molecule has 2 unspecified atom stereocenters. The standard InChI is InChI=1S/C17H34N2O2/c1-6-11-19(14(4)5)12-9-15-8-7-10-17(15,16(20)21)18-13(2)3/h13-15,18H,6-12H2,1-5H3,(H,20,21). The highest BCUT2D eigenvalue weighted by atomic mass is 16.4. The zero-order valence-electron chi connectivity index (χ0n) is 14.5. The van der Waals surface area contributed by atoms with Crippen LogP contribution in [0.3, 0.4) is 0 Å². The van der Waals surface area contributed by atoms with Crippen LogP contribution in [0.4, 0.5) is 0 Å². The van der Waals surface area contributed by atoms with Crippen molar-refractivity contribution in [3.8, 4) is 0 Å². The first kappa shape index (κ1) is 18.4. The zero-order valence-corrected chi connectivity index (χ0v) is 14.5. The van der Waals surface area contributed by atoms with Gasteiger partial charge in [0.25, 0.3) is 0 Å². The first-order valence-electron chi connectivity index (χ1n) is 8.58. The predicted molar refractivity (Wildman–Crippen MR) is 87.6 cm³/mol. The summed E-state index contributed by atoms with van der Waals surface area (Å²) < 4.78 is 0. The van der Waals surface area contributed by atoms with Crippen LogP contribution >= 0.6 is 0 Å². The van der Waals surface area contributed by atoms with E-state index in [1.807, 2.05) is 13.8 Å². The maximum Gasteiger partial charge on any atom is 0.324 e. The molecule has 2 atom stereocenters. The molecule has 1 aliphatic carbocycles. The van der Waals surface area contributed by atoms with Crippen molar-refractivity contribution in [2.45, 2.75) is 84.3 Å². The van der Waals surface area contributed by atoms with Crippen molar-refractivity contribution in [1.82, 2.24) is 10.2 Å². The van der Waals surface area contributed by atoms with E-state index in [1.165, 1.54) is 0 Å². The molecule has 124 valence electrons. The fraction of sp³-hybridized carbons (Fsp3) is 0.941. The first-order valence-corrected chi connectivity index (χ1v) is 8.58. The molecular weight excluding hydrogens is 264 g/mol. The monoisotopic (exact) mass is 298 g/mol. The number of carboxylic acids is 1. The van der Waals surface area contributed by atoms with E-state index in [1.54, 1.807) is 0 Å². The minimum atomic E-state index is -0.705. The minimum absolute atomic E-state index is 0.207. The van der Waals surface area contributed by atoms with Gasteiger partial charge >= 0.3 is 5.97 Å². The molecule has 0 aromatic carbocycles. The molecule has 2 N–H and O–H groups in total. The number of aliphatic carboxylic acids is 1. The van der Waals surface area contributed by atoms with Crippen molar-refractivity contribution in [1.29, 1.82) is 0 Å². The van der Waals surface area contributed by atoms with E-state index in [4.69, 9.17) is 0 Å². The van der Waals surface area contributed by atoms with Crippen LogP contribution in [0.1, 0.15) is 66.7 Å². The first-order chi connectivity index (χ1) is 9.83. The van der Waals surface area contributed by atoms with Gasteiger partial charge in [-0.2, -0.15) is 0 Å². The van der Waals surface area contributed by atoms with Gasteiger partial charge in [0.05, 0.1) is 0 Å². The van der Waals surface area contributed by atoms with Gasteiger partial charge in [0.1, 0.15) is 5.54 Å². The lowest BCUT2D eigenvalue weighted by Gasteiger charge is -2.36. The van der Waals surface area contributed by atoms with Gasteiger partial charge in [0.15, 0.2) is 0 Å². The third-order valence-corrected chi connectivity index (χ3v) is 4.75. The second-order valence-corrected chi connectivity index (χ2v) is 7.08. The van der Waals surface area contributed by atoms with Crippen LogP contribution in [-0.4, -0.2) is 46.7 Å². The van der Waals surface area contributed by atoms with Gasteiger partial charge in [0.2, 0.25) is 0 Å². The molecule has 4 heteroatoms. The Balaban J connectivity index is 2.72. The topological polar surface area (TPSA) is 52.6 Å². The highest BCUT2D eigenvalue weighted by Crippen LogP contribution is 2.39. The SMILES string of the molecule is CCCN(CCC1CCCC1(NC(C)C)C(=O)O)C(C)C. The Bertz CT molecular complexity index is 331. The van der Waals surface area contributed by atoms with Crippen LogP contribution in [-0.2, 0) is 4.79 Å². The third kappa shape index (κ3) is 4.68. The van der Waals surface area contributed by atoms with Gasteiger partial charge < -0.3 is 10.0 Å². The molecule has 1 rings (SSSR count). The van der Waals surface area contributed by atoms with Gasteiger partial charge in [-0.25, -0.2) is 0 Å². The van der Waals surface area contributed by atoms with Crippen molar-refractivity contribution in [2.24, 2.45) is 5.92 Å². The van der Waals surface area contributed by atoms with E-state index < -0.39 is 11.5 Å². The summed E-state index contributed by atoms with van der Waals surface area (Å²) in [5.74, 6) is -0.416. The van der Waals surface area contributed by atoms with E-state index in [0.29, 0.717) is 6.04 Å². The number of carbonyl (C=O) groups is 1. The molecule has 0 aliphatic heterocycles. The molecule has 0 bridgehead atoms. The summed E-state index contributed by atoms with van der Waals surface area (Å²) in [6.45, 7) is 12.8. The summed E-state index contributed by atoms with van der Waals surface area (Å²) in [6.07, 6.45) is 4.94. The average molecular weight is 298 g/mol. The number of rotatable bonds is 9. The second-order valence-electron chi connectivity index (χ2n) is 7.08. The lowest BCUT2D eigenvalue weighted by Crippen LogP contribution is -2.57. The van der Waals surface area contributed by atoms with E-state index in [2.05, 4.69) is 31.0 Å². The molecule has 0 heterocycles. The Morgan fingerprint density at radius 3 is 2.48 bits per heavy atom. The summed E-state index contributed by atoms with van der Waals surface area (Å²) in [6, 6.07) is 0.738. The van der Waals surface area contributed by atoms with E-state index in [-0.39, 0.29) is 12.0 Å². The molecule has 4 nitrogen and oxygen atoms in total. The van der Waals surface area contributed by atoms with Crippen LogP contribution in [0.5, 0.6) is 0 Å². The van der Waals surface area contributed by atoms with Crippen LogP contribution in [0.15, 0.2) is 0 Å². The fourth-order valence-electron chi connectivity index (χ4n) is 3.75. The second kappa shape index (κ2) is 8.14. The molecule has 1 fully saturated rings. The van der Waals surface area contributed by atoms with Gasteiger partial charge in [-0.05, 0) is 72.4 Å². The highest BCUT2D eigenvalue weighted by Gasteiger charge is 2.49. The van der Waals surface area contributed by atoms with Crippen molar-refractivity contribution < 1.29 is 9.90 Å². The fourth-order valence-corrected chi connectivity index (χ4v) is 3.75. The number of hydrogen-bond donors (Lipinski definition) is 2. The molecule has 21 heavy (non-hydrogen) atoms. The summed E-state index contributed by atoms with van der Waals surface area (Å²) in [5.41, 5.74) is -0.705. The molecule has 0 amide bonds. The van der Waals surface area contributed by atoms with E-state index in [9.17, 15) is 9.90 Å². The Kier molecular flexibility index (Phi) is 7.14. The van der Waals surface area contributed by atoms with Crippen LogP contribution in [0.25, 0.3) is 0 Å². The molecule has 1 aliphatic rings. The Morgan fingerprint density at radius 1 is 1.33 bits per heavy atom. The molecule has 0 radical (unpaired) electrons. The van der Waals surface area contributed by atoms with Crippen molar-refractivity contribution in [3.63, 3.8) is 0 Å². The zero-order chi connectivity index (χ0) is 16.0. The summed E-state index contributed by atoms with van der Waals surface area (Å²) in [4.78, 5) is 14.4. The lowest BCUT2D eigenvalue weighted by atomic mass is 9.83. The van der Waals surface area contributed by atoms with Crippen LogP contribution in [0.2, 0.25) is 0 Å². The maximum absolute atomic E-state index is 11.9. The van der Waals surface area contributed by atoms with Crippen LogP contribution < -0.4 is 5.32 Å². The number of nitrogens with zero attached hydrogens (tertiary/aromatic N) is 1. The lowest BCUT2D eigenvalue weighted by molar-refractivity contribution is -0.147. The Hall–Kier alpha value is -0.610. The normalized spacial score (nSPS) is 26.2. The average Bonchev–Trinajstić information content (AvgIpc) is 2.77. The highest BCUT2D eigenvalue weighted by molar-refractivity contribution is 5.79. The molecular formula is C17H34N2O2.